The van der Waals surface area contributed by atoms with Crippen LogP contribution in [0.4, 0.5) is 0 Å². The van der Waals surface area contributed by atoms with Crippen molar-refractivity contribution in [1.29, 1.82) is 0 Å². The van der Waals surface area contributed by atoms with Crippen LogP contribution in [0.25, 0.3) is 0 Å². The second kappa shape index (κ2) is 8.75. The molecule has 2 atom stereocenters. The molecule has 0 aliphatic carbocycles. The smallest absolute Gasteiger partial charge is 0.231 e. The molecule has 1 spiro atoms. The maximum Gasteiger partial charge on any atom is 0.231 e. The van der Waals surface area contributed by atoms with E-state index in [9.17, 15) is 4.79 Å². The van der Waals surface area contributed by atoms with E-state index >= 15 is 0 Å². The van der Waals surface area contributed by atoms with E-state index in [-0.39, 0.29) is 11.8 Å². The van der Waals surface area contributed by atoms with Gasteiger partial charge < -0.3 is 9.47 Å². The number of hydrogen-bond donors (Lipinski definition) is 0. The van der Waals surface area contributed by atoms with Crippen LogP contribution in [0.1, 0.15) is 54.6 Å². The molecule has 2 aromatic heterocycles. The number of likely N-dealkylation sites (tertiary alicyclic amines) is 2. The van der Waals surface area contributed by atoms with E-state index in [1.54, 1.807) is 6.20 Å². The van der Waals surface area contributed by atoms with Gasteiger partial charge >= 0.3 is 0 Å². The van der Waals surface area contributed by atoms with E-state index in [0.29, 0.717) is 12.6 Å². The van der Waals surface area contributed by atoms with Gasteiger partial charge in [-0.3, -0.25) is 14.7 Å². The fourth-order valence-corrected chi connectivity index (χ4v) is 5.58. The number of pyridine rings is 1. The summed E-state index contributed by atoms with van der Waals surface area (Å²) in [4.78, 5) is 27.5. The second-order valence-corrected chi connectivity index (χ2v) is 10.0. The van der Waals surface area contributed by atoms with Gasteiger partial charge in [-0.15, -0.1) is 0 Å². The molecule has 3 aromatic rings. The number of aryl methyl sites for hydroxylation is 1. The Morgan fingerprint density at radius 2 is 2.00 bits per heavy atom. The molecule has 1 amide bonds. The van der Waals surface area contributed by atoms with Crippen molar-refractivity contribution in [2.24, 2.45) is 5.41 Å². The van der Waals surface area contributed by atoms with Gasteiger partial charge in [0, 0.05) is 63.3 Å². The van der Waals surface area contributed by atoms with Crippen molar-refractivity contribution in [3.05, 3.63) is 83.7 Å². The number of rotatable bonds is 6. The highest BCUT2D eigenvalue weighted by atomic mass is 16.2. The molecular weight excluding hydrogens is 410 g/mol. The van der Waals surface area contributed by atoms with Crippen LogP contribution >= 0.6 is 0 Å². The van der Waals surface area contributed by atoms with E-state index in [1.807, 2.05) is 29.6 Å². The minimum Gasteiger partial charge on any atom is -0.338 e. The summed E-state index contributed by atoms with van der Waals surface area (Å²) in [6.07, 6.45) is 8.58. The highest BCUT2D eigenvalue weighted by Crippen LogP contribution is 2.50. The minimum atomic E-state index is -0.414. The van der Waals surface area contributed by atoms with E-state index < -0.39 is 5.41 Å². The number of imidazole rings is 1. The molecule has 0 unspecified atom stereocenters. The first-order valence-corrected chi connectivity index (χ1v) is 11.9. The predicted molar refractivity (Wildman–Crippen MR) is 129 cm³/mol. The third-order valence-corrected chi connectivity index (χ3v) is 7.31. The number of carbonyl (C=O) groups excluding carboxylic acids is 1. The van der Waals surface area contributed by atoms with Gasteiger partial charge in [0.2, 0.25) is 5.91 Å². The number of aromatic nitrogens is 3. The van der Waals surface area contributed by atoms with Gasteiger partial charge in [0.1, 0.15) is 0 Å². The van der Waals surface area contributed by atoms with Crippen LogP contribution in [0.2, 0.25) is 0 Å². The SMILES string of the molecule is Cc1cccc(CN2C[C@H](c3cn(C(C)C)cn3)[C@@]3(CCN(Cc4cccnc4)C3=O)C2)c1. The Kier molecular flexibility index (Phi) is 5.79. The van der Waals surface area contributed by atoms with Gasteiger partial charge in [-0.25, -0.2) is 4.98 Å². The summed E-state index contributed by atoms with van der Waals surface area (Å²) in [6, 6.07) is 13.0. The summed E-state index contributed by atoms with van der Waals surface area (Å²) >= 11 is 0. The number of benzene rings is 1. The number of hydrogen-bond acceptors (Lipinski definition) is 4. The zero-order valence-electron chi connectivity index (χ0n) is 19.8. The van der Waals surface area contributed by atoms with Crippen molar-refractivity contribution in [1.82, 2.24) is 24.3 Å². The summed E-state index contributed by atoms with van der Waals surface area (Å²) in [5.41, 5.74) is 4.29. The Morgan fingerprint density at radius 3 is 2.73 bits per heavy atom. The molecule has 0 radical (unpaired) electrons. The molecule has 1 aromatic carbocycles. The molecule has 0 saturated carbocycles. The van der Waals surface area contributed by atoms with Crippen molar-refractivity contribution < 1.29 is 4.79 Å². The van der Waals surface area contributed by atoms with Gasteiger partial charge in [0.15, 0.2) is 0 Å². The lowest BCUT2D eigenvalue weighted by atomic mass is 9.75. The largest absolute Gasteiger partial charge is 0.338 e. The monoisotopic (exact) mass is 443 g/mol. The molecule has 6 nitrogen and oxygen atoms in total. The number of nitrogens with zero attached hydrogens (tertiary/aromatic N) is 5. The van der Waals surface area contributed by atoms with Crippen molar-refractivity contribution in [3.8, 4) is 0 Å². The molecule has 2 aliphatic rings. The average Bonchev–Trinajstić information content (AvgIpc) is 3.49. The summed E-state index contributed by atoms with van der Waals surface area (Å²) < 4.78 is 2.15. The summed E-state index contributed by atoms with van der Waals surface area (Å²) in [5, 5.41) is 0. The van der Waals surface area contributed by atoms with Crippen molar-refractivity contribution in [2.75, 3.05) is 19.6 Å². The van der Waals surface area contributed by atoms with Gasteiger partial charge in [0.05, 0.1) is 17.4 Å². The fourth-order valence-electron chi connectivity index (χ4n) is 5.58. The fraction of sp³-hybridized carbons (Fsp3) is 0.444. The molecule has 0 bridgehead atoms. The van der Waals surface area contributed by atoms with Gasteiger partial charge in [-0.05, 0) is 44.4 Å². The Bertz CT molecular complexity index is 1120. The maximum atomic E-state index is 14.0. The Morgan fingerprint density at radius 1 is 1.15 bits per heavy atom. The first kappa shape index (κ1) is 21.8. The predicted octanol–water partition coefficient (Wildman–Crippen LogP) is 4.19. The zero-order chi connectivity index (χ0) is 23.0. The molecule has 172 valence electrons. The molecular formula is C27H33N5O. The van der Waals surface area contributed by atoms with Crippen LogP contribution in [-0.4, -0.2) is 49.9 Å². The summed E-state index contributed by atoms with van der Waals surface area (Å²) in [6.45, 7) is 10.4. The number of amides is 1. The quantitative estimate of drug-likeness (QED) is 0.573. The topological polar surface area (TPSA) is 54.3 Å². The second-order valence-electron chi connectivity index (χ2n) is 10.0. The third kappa shape index (κ3) is 4.20. The highest BCUT2D eigenvalue weighted by molar-refractivity contribution is 5.86. The van der Waals surface area contributed by atoms with E-state index in [2.05, 4.69) is 65.7 Å². The van der Waals surface area contributed by atoms with E-state index in [4.69, 9.17) is 4.98 Å². The van der Waals surface area contributed by atoms with Crippen LogP contribution in [0.5, 0.6) is 0 Å². The molecule has 2 fully saturated rings. The lowest BCUT2D eigenvalue weighted by Gasteiger charge is -2.28. The van der Waals surface area contributed by atoms with Crippen molar-refractivity contribution in [3.63, 3.8) is 0 Å². The molecule has 0 N–H and O–H groups in total. The molecule has 33 heavy (non-hydrogen) atoms. The number of carbonyl (C=O) groups is 1. The van der Waals surface area contributed by atoms with E-state index in [0.717, 1.165) is 43.9 Å². The Balaban J connectivity index is 1.43. The lowest BCUT2D eigenvalue weighted by Crippen LogP contribution is -2.39. The first-order valence-electron chi connectivity index (χ1n) is 11.9. The maximum absolute atomic E-state index is 14.0. The van der Waals surface area contributed by atoms with Gasteiger partial charge in [-0.2, -0.15) is 0 Å². The highest BCUT2D eigenvalue weighted by Gasteiger charge is 2.57. The van der Waals surface area contributed by atoms with Crippen LogP contribution in [0.15, 0.2) is 61.3 Å². The lowest BCUT2D eigenvalue weighted by molar-refractivity contribution is -0.136. The molecule has 4 heterocycles. The summed E-state index contributed by atoms with van der Waals surface area (Å²) in [5.74, 6) is 0.371. The minimum absolute atomic E-state index is 0.105. The van der Waals surface area contributed by atoms with Crippen molar-refractivity contribution >= 4 is 5.91 Å². The van der Waals surface area contributed by atoms with Crippen LogP contribution in [0, 0.1) is 12.3 Å². The van der Waals surface area contributed by atoms with Crippen LogP contribution in [-0.2, 0) is 17.9 Å². The van der Waals surface area contributed by atoms with Crippen LogP contribution in [0.3, 0.4) is 0 Å². The molecule has 6 heteroatoms. The van der Waals surface area contributed by atoms with Gasteiger partial charge in [0.25, 0.3) is 0 Å². The Labute approximate surface area is 196 Å². The average molecular weight is 444 g/mol. The standard InChI is InChI=1S/C27H33N5O/c1-20(2)32-17-25(29-19-32)24-16-30(14-22-7-4-6-21(3)12-22)18-27(24)9-11-31(26(27)33)15-23-8-5-10-28-13-23/h4-8,10,12-13,17,19-20,24H,9,11,14-16,18H2,1-3H3/t24-,27-/m1/s1. The van der Waals surface area contributed by atoms with E-state index in [1.165, 1.54) is 11.1 Å². The molecule has 2 saturated heterocycles. The third-order valence-electron chi connectivity index (χ3n) is 7.31. The molecule has 5 rings (SSSR count). The normalized spacial score (nSPS) is 23.3. The van der Waals surface area contributed by atoms with Crippen molar-refractivity contribution in [2.45, 2.75) is 52.2 Å². The Hall–Kier alpha value is -2.99. The molecule has 2 aliphatic heterocycles. The first-order chi connectivity index (χ1) is 15.9. The zero-order valence-corrected chi connectivity index (χ0v) is 19.8. The van der Waals surface area contributed by atoms with Crippen LogP contribution < -0.4 is 0 Å². The summed E-state index contributed by atoms with van der Waals surface area (Å²) in [7, 11) is 0. The van der Waals surface area contributed by atoms with Gasteiger partial charge in [-0.1, -0.05) is 35.9 Å².